The van der Waals surface area contributed by atoms with Gasteiger partial charge in [0.05, 0.1) is 0 Å². The number of halogens is 1. The Balaban J connectivity index is 2.20. The number of nitrogens with two attached hydrogens (primary N) is 1. The zero-order valence-corrected chi connectivity index (χ0v) is 12.1. The minimum atomic E-state index is -0.306. The van der Waals surface area contributed by atoms with Gasteiger partial charge in [-0.25, -0.2) is 4.39 Å². The molecule has 0 aliphatic carbocycles. The first kappa shape index (κ1) is 15.2. The third kappa shape index (κ3) is 3.89. The third-order valence-corrected chi connectivity index (χ3v) is 3.31. The summed E-state index contributed by atoms with van der Waals surface area (Å²) >= 11 is 0. The SMILES string of the molecule is Cc1cc(C(=O)N(CCN)Cc2ccccc2)ccc1F. The number of hydrogen-bond acceptors (Lipinski definition) is 2. The van der Waals surface area contributed by atoms with Crippen LogP contribution in [0.25, 0.3) is 0 Å². The Kier molecular flexibility index (Phi) is 5.06. The summed E-state index contributed by atoms with van der Waals surface area (Å²) in [6, 6.07) is 14.1. The predicted octanol–water partition coefficient (Wildman–Crippen LogP) is 2.74. The van der Waals surface area contributed by atoms with E-state index in [4.69, 9.17) is 5.73 Å². The van der Waals surface area contributed by atoms with Gasteiger partial charge in [0.2, 0.25) is 0 Å². The van der Waals surface area contributed by atoms with Crippen LogP contribution >= 0.6 is 0 Å². The smallest absolute Gasteiger partial charge is 0.254 e. The number of aryl methyl sites for hydroxylation is 1. The van der Waals surface area contributed by atoms with Crippen molar-refractivity contribution < 1.29 is 9.18 Å². The van der Waals surface area contributed by atoms with Gasteiger partial charge < -0.3 is 10.6 Å². The van der Waals surface area contributed by atoms with E-state index in [0.717, 1.165) is 5.56 Å². The molecule has 0 unspecified atom stereocenters. The van der Waals surface area contributed by atoms with Gasteiger partial charge in [0.1, 0.15) is 5.82 Å². The molecule has 2 N–H and O–H groups in total. The van der Waals surface area contributed by atoms with Crippen LogP contribution in [0.4, 0.5) is 4.39 Å². The number of nitrogens with zero attached hydrogens (tertiary/aromatic N) is 1. The molecule has 3 nitrogen and oxygen atoms in total. The Morgan fingerprint density at radius 3 is 2.52 bits per heavy atom. The molecule has 0 atom stereocenters. The first-order valence-electron chi connectivity index (χ1n) is 6.91. The highest BCUT2D eigenvalue weighted by Gasteiger charge is 2.16. The lowest BCUT2D eigenvalue weighted by molar-refractivity contribution is 0.0748. The van der Waals surface area contributed by atoms with Crippen LogP contribution in [0.2, 0.25) is 0 Å². The van der Waals surface area contributed by atoms with Crippen LogP contribution in [0, 0.1) is 12.7 Å². The van der Waals surface area contributed by atoms with E-state index in [-0.39, 0.29) is 11.7 Å². The fourth-order valence-corrected chi connectivity index (χ4v) is 2.17. The second-order valence-electron chi connectivity index (χ2n) is 4.96. The van der Waals surface area contributed by atoms with E-state index in [1.807, 2.05) is 30.3 Å². The number of amides is 1. The number of benzene rings is 2. The van der Waals surface area contributed by atoms with Crippen molar-refractivity contribution in [3.63, 3.8) is 0 Å². The fraction of sp³-hybridized carbons (Fsp3) is 0.235. The molecule has 0 spiro atoms. The molecule has 0 saturated heterocycles. The minimum Gasteiger partial charge on any atom is -0.333 e. The van der Waals surface area contributed by atoms with Crippen molar-refractivity contribution >= 4 is 5.91 Å². The molecule has 2 rings (SSSR count). The topological polar surface area (TPSA) is 46.3 Å². The van der Waals surface area contributed by atoms with E-state index < -0.39 is 0 Å². The monoisotopic (exact) mass is 286 g/mol. The highest BCUT2D eigenvalue weighted by Crippen LogP contribution is 2.13. The van der Waals surface area contributed by atoms with Gasteiger partial charge in [-0.15, -0.1) is 0 Å². The van der Waals surface area contributed by atoms with Gasteiger partial charge in [-0.3, -0.25) is 4.79 Å². The summed E-state index contributed by atoms with van der Waals surface area (Å²) in [5, 5.41) is 0. The summed E-state index contributed by atoms with van der Waals surface area (Å²) in [6.45, 7) is 2.99. The average molecular weight is 286 g/mol. The molecule has 1 amide bonds. The zero-order valence-electron chi connectivity index (χ0n) is 12.1. The Labute approximate surface area is 124 Å². The van der Waals surface area contributed by atoms with E-state index in [0.29, 0.717) is 30.8 Å². The van der Waals surface area contributed by atoms with Gasteiger partial charge in [-0.05, 0) is 36.2 Å². The molecule has 4 heteroatoms. The summed E-state index contributed by atoms with van der Waals surface area (Å²) in [7, 11) is 0. The maximum Gasteiger partial charge on any atom is 0.254 e. The fourth-order valence-electron chi connectivity index (χ4n) is 2.17. The molecule has 0 fully saturated rings. The molecular formula is C17H19FN2O. The average Bonchev–Trinajstić information content (AvgIpc) is 2.50. The molecule has 2 aromatic rings. The zero-order chi connectivity index (χ0) is 15.2. The largest absolute Gasteiger partial charge is 0.333 e. The number of carbonyl (C=O) groups is 1. The Hall–Kier alpha value is -2.20. The molecule has 0 radical (unpaired) electrons. The highest BCUT2D eigenvalue weighted by molar-refractivity contribution is 5.94. The van der Waals surface area contributed by atoms with Crippen LogP contribution in [-0.2, 0) is 6.54 Å². The van der Waals surface area contributed by atoms with E-state index in [9.17, 15) is 9.18 Å². The lowest BCUT2D eigenvalue weighted by Crippen LogP contribution is -2.35. The Morgan fingerprint density at radius 2 is 1.90 bits per heavy atom. The summed E-state index contributed by atoms with van der Waals surface area (Å²) in [4.78, 5) is 14.2. The lowest BCUT2D eigenvalue weighted by Gasteiger charge is -2.22. The first-order valence-corrected chi connectivity index (χ1v) is 6.91. The second kappa shape index (κ2) is 6.99. The summed E-state index contributed by atoms with van der Waals surface area (Å²) in [5.74, 6) is -0.438. The molecule has 21 heavy (non-hydrogen) atoms. The Morgan fingerprint density at radius 1 is 1.19 bits per heavy atom. The van der Waals surface area contributed by atoms with E-state index in [1.165, 1.54) is 12.1 Å². The summed E-state index contributed by atoms with van der Waals surface area (Å²) in [5.41, 5.74) is 7.59. The lowest BCUT2D eigenvalue weighted by atomic mass is 10.1. The normalized spacial score (nSPS) is 10.4. The molecule has 2 aromatic carbocycles. The summed E-state index contributed by atoms with van der Waals surface area (Å²) in [6.07, 6.45) is 0. The molecule has 0 heterocycles. The van der Waals surface area contributed by atoms with Crippen molar-refractivity contribution in [3.05, 3.63) is 71.0 Å². The third-order valence-electron chi connectivity index (χ3n) is 3.31. The first-order chi connectivity index (χ1) is 10.1. The van der Waals surface area contributed by atoms with Crippen molar-refractivity contribution in [3.8, 4) is 0 Å². The molecule has 0 aromatic heterocycles. The number of rotatable bonds is 5. The van der Waals surface area contributed by atoms with Crippen LogP contribution in [0.5, 0.6) is 0 Å². The van der Waals surface area contributed by atoms with Gasteiger partial charge in [0.15, 0.2) is 0 Å². The molecule has 0 aliphatic rings. The van der Waals surface area contributed by atoms with Crippen LogP contribution in [0.3, 0.4) is 0 Å². The summed E-state index contributed by atoms with van der Waals surface area (Å²) < 4.78 is 13.3. The van der Waals surface area contributed by atoms with Gasteiger partial charge in [0, 0.05) is 25.2 Å². The minimum absolute atomic E-state index is 0.132. The van der Waals surface area contributed by atoms with Gasteiger partial charge in [-0.2, -0.15) is 0 Å². The second-order valence-corrected chi connectivity index (χ2v) is 4.96. The number of carbonyl (C=O) groups excluding carboxylic acids is 1. The number of hydrogen-bond donors (Lipinski definition) is 1. The van der Waals surface area contributed by atoms with Crippen LogP contribution < -0.4 is 5.73 Å². The quantitative estimate of drug-likeness (QED) is 0.918. The predicted molar refractivity (Wildman–Crippen MR) is 81.4 cm³/mol. The van der Waals surface area contributed by atoms with Crippen molar-refractivity contribution in [1.29, 1.82) is 0 Å². The Bertz CT molecular complexity index is 613. The van der Waals surface area contributed by atoms with Crippen LogP contribution in [0.1, 0.15) is 21.5 Å². The van der Waals surface area contributed by atoms with Crippen molar-refractivity contribution in [1.82, 2.24) is 4.90 Å². The van der Waals surface area contributed by atoms with Crippen molar-refractivity contribution in [2.45, 2.75) is 13.5 Å². The maximum atomic E-state index is 13.3. The molecule has 0 saturated carbocycles. The van der Waals surface area contributed by atoms with Crippen LogP contribution in [0.15, 0.2) is 48.5 Å². The van der Waals surface area contributed by atoms with Crippen LogP contribution in [-0.4, -0.2) is 23.9 Å². The van der Waals surface area contributed by atoms with E-state index >= 15 is 0 Å². The van der Waals surface area contributed by atoms with E-state index in [1.54, 1.807) is 17.9 Å². The van der Waals surface area contributed by atoms with Gasteiger partial charge in [0.25, 0.3) is 5.91 Å². The highest BCUT2D eigenvalue weighted by atomic mass is 19.1. The van der Waals surface area contributed by atoms with E-state index in [2.05, 4.69) is 0 Å². The molecule has 0 aliphatic heterocycles. The maximum absolute atomic E-state index is 13.3. The van der Waals surface area contributed by atoms with Gasteiger partial charge >= 0.3 is 0 Å². The van der Waals surface area contributed by atoms with Gasteiger partial charge in [-0.1, -0.05) is 30.3 Å². The van der Waals surface area contributed by atoms with Crippen molar-refractivity contribution in [2.75, 3.05) is 13.1 Å². The molecular weight excluding hydrogens is 267 g/mol. The molecule has 0 bridgehead atoms. The molecule has 110 valence electrons. The standard InChI is InChI=1S/C17H19FN2O/c1-13-11-15(7-8-16(13)18)17(21)20(10-9-19)12-14-5-3-2-4-6-14/h2-8,11H,9-10,12,19H2,1H3. The van der Waals surface area contributed by atoms with Crippen molar-refractivity contribution in [2.24, 2.45) is 5.73 Å².